The summed E-state index contributed by atoms with van der Waals surface area (Å²) in [7, 11) is 1.50. The molecule has 1 aromatic heterocycles. The third-order valence-corrected chi connectivity index (χ3v) is 5.82. The molecule has 1 aliphatic carbocycles. The second kappa shape index (κ2) is 7.73. The first kappa shape index (κ1) is 23.1. The summed E-state index contributed by atoms with van der Waals surface area (Å²) in [5.41, 5.74) is -0.505. The van der Waals surface area contributed by atoms with Crippen LogP contribution in [-0.4, -0.2) is 59.6 Å². The van der Waals surface area contributed by atoms with Crippen LogP contribution in [0.1, 0.15) is 41.0 Å². The lowest BCUT2D eigenvalue weighted by Gasteiger charge is -2.23. The predicted octanol–water partition coefficient (Wildman–Crippen LogP) is 3.88. The summed E-state index contributed by atoms with van der Waals surface area (Å²) in [5, 5.41) is 3.46. The van der Waals surface area contributed by atoms with Gasteiger partial charge in [-0.15, -0.1) is 0 Å². The van der Waals surface area contributed by atoms with Gasteiger partial charge in [-0.3, -0.25) is 9.79 Å². The summed E-state index contributed by atoms with van der Waals surface area (Å²) in [6.45, 7) is 1.02. The number of aromatic nitrogens is 2. The highest BCUT2D eigenvalue weighted by Gasteiger charge is 2.65. The quantitative estimate of drug-likeness (QED) is 0.484. The Morgan fingerprint density at radius 1 is 1.33 bits per heavy atom. The third-order valence-electron chi connectivity index (χ3n) is 5.82. The van der Waals surface area contributed by atoms with Gasteiger partial charge in [-0.2, -0.15) is 31.3 Å². The number of aliphatic imine (C=N–C) groups is 1. The Kier molecular flexibility index (Phi) is 5.40. The number of hydrogen-bond donors (Lipinski definition) is 0. The van der Waals surface area contributed by atoms with Crippen LogP contribution in [0.4, 0.5) is 26.3 Å². The molecular weight excluding hydrogens is 458 g/mol. The van der Waals surface area contributed by atoms with Crippen molar-refractivity contribution in [1.29, 1.82) is 0 Å². The van der Waals surface area contributed by atoms with Crippen molar-refractivity contribution in [3.05, 3.63) is 41.0 Å². The minimum atomic E-state index is -4.79. The minimum Gasteiger partial charge on any atom is -0.480 e. The van der Waals surface area contributed by atoms with E-state index in [9.17, 15) is 31.1 Å². The summed E-state index contributed by atoms with van der Waals surface area (Å²) in [6.07, 6.45) is -9.69. The van der Waals surface area contributed by atoms with Crippen LogP contribution in [0.2, 0.25) is 0 Å². The van der Waals surface area contributed by atoms with E-state index in [2.05, 4.69) is 19.7 Å². The lowest BCUT2D eigenvalue weighted by Crippen LogP contribution is -2.35. The van der Waals surface area contributed by atoms with Gasteiger partial charge in [0.1, 0.15) is 5.75 Å². The topological polar surface area (TPSA) is 80.8 Å². The van der Waals surface area contributed by atoms with Gasteiger partial charge in [-0.1, -0.05) is 5.16 Å². The number of ether oxygens (including phenoxy) is 1. The van der Waals surface area contributed by atoms with E-state index < -0.39 is 35.7 Å². The predicted molar refractivity (Wildman–Crippen MR) is 101 cm³/mol. The summed E-state index contributed by atoms with van der Waals surface area (Å²) in [5.74, 6) is -2.66. The number of rotatable bonds is 5. The van der Waals surface area contributed by atoms with Crippen molar-refractivity contribution in [3.63, 3.8) is 0 Å². The zero-order valence-electron chi connectivity index (χ0n) is 17.4. The van der Waals surface area contributed by atoms with Crippen molar-refractivity contribution in [2.75, 3.05) is 20.1 Å². The Balaban J connectivity index is 1.59. The Bertz CT molecular complexity index is 1100. The highest BCUT2D eigenvalue weighted by Crippen LogP contribution is 2.58. The van der Waals surface area contributed by atoms with Gasteiger partial charge in [-0.05, 0) is 43.0 Å². The molecule has 7 nitrogen and oxygen atoms in total. The van der Waals surface area contributed by atoms with Crippen LogP contribution in [0.3, 0.4) is 0 Å². The molecule has 4 rings (SSSR count). The largest absolute Gasteiger partial charge is 0.480 e. The van der Waals surface area contributed by atoms with E-state index in [-0.39, 0.29) is 36.1 Å². The average molecular weight is 476 g/mol. The van der Waals surface area contributed by atoms with E-state index in [1.165, 1.54) is 36.4 Å². The fraction of sp³-hybridized carbons (Fsp3) is 0.500. The molecule has 178 valence electrons. The van der Waals surface area contributed by atoms with Gasteiger partial charge < -0.3 is 14.2 Å². The van der Waals surface area contributed by atoms with Gasteiger partial charge in [0.15, 0.2) is 11.9 Å². The molecule has 3 atom stereocenters. The first-order valence-corrected chi connectivity index (χ1v) is 9.85. The summed E-state index contributed by atoms with van der Waals surface area (Å²) >= 11 is 0. The standard InChI is InChI=1S/C20H18F6N4O3/c1-10(19(21,22)23)32-14-4-3-11(7-27-2)5-13(14)15(31)30-8-12-6-18(12,9-30)16-28-17(33-29-16)20(24,25)26/h3-5,7,10,12H,6,8-9H2,1-2H3. The number of fused-ring (bicyclic) bond motifs is 1. The molecule has 3 unspecified atom stereocenters. The number of hydrogen-bond acceptors (Lipinski definition) is 6. The number of piperidine rings is 1. The molecule has 1 aliphatic heterocycles. The van der Waals surface area contributed by atoms with E-state index >= 15 is 0 Å². The fourth-order valence-electron chi connectivity index (χ4n) is 4.00. The Labute approximate surface area is 183 Å². The number of carbonyl (C=O) groups excluding carboxylic acids is 1. The minimum absolute atomic E-state index is 0.00763. The van der Waals surface area contributed by atoms with Gasteiger partial charge in [0.05, 0.1) is 11.0 Å². The fourth-order valence-corrected chi connectivity index (χ4v) is 4.00. The van der Waals surface area contributed by atoms with Crippen LogP contribution in [-0.2, 0) is 11.6 Å². The van der Waals surface area contributed by atoms with E-state index in [0.29, 0.717) is 12.0 Å². The first-order chi connectivity index (χ1) is 15.3. The monoisotopic (exact) mass is 476 g/mol. The molecule has 1 saturated carbocycles. The number of nitrogens with zero attached hydrogens (tertiary/aromatic N) is 4. The smallest absolute Gasteiger partial charge is 0.471 e. The number of carbonyl (C=O) groups is 1. The van der Waals surface area contributed by atoms with E-state index in [4.69, 9.17) is 4.74 Å². The first-order valence-electron chi connectivity index (χ1n) is 9.85. The number of benzene rings is 1. The maximum absolute atomic E-state index is 13.2. The molecule has 1 aromatic carbocycles. The zero-order valence-corrected chi connectivity index (χ0v) is 17.4. The maximum atomic E-state index is 13.2. The van der Waals surface area contributed by atoms with Crippen LogP contribution in [0.5, 0.6) is 5.75 Å². The lowest BCUT2D eigenvalue weighted by molar-refractivity contribution is -0.189. The van der Waals surface area contributed by atoms with Gasteiger partial charge >= 0.3 is 18.2 Å². The van der Waals surface area contributed by atoms with Gasteiger partial charge in [0, 0.05) is 26.4 Å². The van der Waals surface area contributed by atoms with E-state index in [1.54, 1.807) is 0 Å². The van der Waals surface area contributed by atoms with E-state index in [0.717, 1.165) is 6.92 Å². The van der Waals surface area contributed by atoms with Crippen molar-refractivity contribution in [1.82, 2.24) is 15.0 Å². The Hall–Kier alpha value is -3.12. The molecule has 1 saturated heterocycles. The number of alkyl halides is 6. The zero-order chi connectivity index (χ0) is 24.2. The lowest BCUT2D eigenvalue weighted by atomic mass is 10.1. The molecule has 2 aliphatic rings. The number of amides is 1. The summed E-state index contributed by atoms with van der Waals surface area (Å²) < 4.78 is 86.8. The molecular formula is C20H18F6N4O3. The summed E-state index contributed by atoms with van der Waals surface area (Å²) in [4.78, 5) is 21.9. The molecule has 33 heavy (non-hydrogen) atoms. The number of likely N-dealkylation sites (tertiary alicyclic amines) is 1. The Morgan fingerprint density at radius 2 is 2.06 bits per heavy atom. The number of halogens is 6. The van der Waals surface area contributed by atoms with Gasteiger partial charge in [-0.25, -0.2) is 0 Å². The van der Waals surface area contributed by atoms with Crippen molar-refractivity contribution in [2.24, 2.45) is 10.9 Å². The second-order valence-corrected chi connectivity index (χ2v) is 8.11. The van der Waals surface area contributed by atoms with Crippen molar-refractivity contribution in [3.8, 4) is 5.75 Å². The van der Waals surface area contributed by atoms with Crippen LogP contribution >= 0.6 is 0 Å². The van der Waals surface area contributed by atoms with Crippen LogP contribution in [0, 0.1) is 5.92 Å². The molecule has 0 spiro atoms. The molecule has 0 radical (unpaired) electrons. The van der Waals surface area contributed by atoms with E-state index in [1.807, 2.05) is 0 Å². The maximum Gasteiger partial charge on any atom is 0.471 e. The highest BCUT2D eigenvalue weighted by atomic mass is 19.4. The Morgan fingerprint density at radius 3 is 2.67 bits per heavy atom. The second-order valence-electron chi connectivity index (χ2n) is 8.11. The molecule has 1 amide bonds. The van der Waals surface area contributed by atoms with Crippen LogP contribution in [0.15, 0.2) is 27.7 Å². The van der Waals surface area contributed by atoms with Crippen LogP contribution < -0.4 is 4.74 Å². The molecule has 2 aromatic rings. The van der Waals surface area contributed by atoms with Crippen molar-refractivity contribution in [2.45, 2.75) is 37.2 Å². The summed E-state index contributed by atoms with van der Waals surface area (Å²) in [6, 6.07) is 4.08. The third kappa shape index (κ3) is 4.27. The highest BCUT2D eigenvalue weighted by molar-refractivity contribution is 5.99. The molecule has 2 fully saturated rings. The molecule has 0 N–H and O–H groups in total. The molecule has 2 heterocycles. The average Bonchev–Trinajstić information content (AvgIpc) is 3.08. The van der Waals surface area contributed by atoms with Gasteiger partial charge in [0.25, 0.3) is 5.91 Å². The SMILES string of the molecule is CN=Cc1ccc(OC(C)C(F)(F)F)c(C(=O)N2CC3CC3(c3noc(C(F)(F)F)n3)C2)c1. The van der Waals surface area contributed by atoms with Crippen molar-refractivity contribution < 1.29 is 40.4 Å². The van der Waals surface area contributed by atoms with Gasteiger partial charge in [0.2, 0.25) is 0 Å². The van der Waals surface area contributed by atoms with Crippen molar-refractivity contribution >= 4 is 12.1 Å². The van der Waals surface area contributed by atoms with Crippen LogP contribution in [0.25, 0.3) is 0 Å². The normalized spacial score (nSPS) is 23.6. The molecule has 13 heteroatoms. The molecule has 0 bridgehead atoms.